The van der Waals surface area contributed by atoms with Crippen LogP contribution >= 0.6 is 23.1 Å². The van der Waals surface area contributed by atoms with Crippen molar-refractivity contribution in [2.24, 2.45) is 0 Å². The fourth-order valence-corrected chi connectivity index (χ4v) is 6.77. The van der Waals surface area contributed by atoms with Crippen molar-refractivity contribution in [3.63, 3.8) is 0 Å². The first kappa shape index (κ1) is 27.9. The predicted octanol–water partition coefficient (Wildman–Crippen LogP) is 5.68. The van der Waals surface area contributed by atoms with E-state index in [9.17, 15) is 0 Å². The minimum Gasteiger partial charge on any atom is -0.385 e. The van der Waals surface area contributed by atoms with Gasteiger partial charge in [-0.3, -0.25) is 0 Å². The lowest BCUT2D eigenvalue weighted by molar-refractivity contribution is 0.187. The molecule has 10 heteroatoms. The average molecular weight is 566 g/mol. The number of benzene rings is 1. The molecule has 0 unspecified atom stereocenters. The van der Waals surface area contributed by atoms with E-state index in [2.05, 4.69) is 61.7 Å². The molecule has 0 aliphatic carbocycles. The van der Waals surface area contributed by atoms with Crippen molar-refractivity contribution >= 4 is 44.7 Å². The molecule has 39 heavy (non-hydrogen) atoms. The van der Waals surface area contributed by atoms with Crippen molar-refractivity contribution in [1.82, 2.24) is 24.8 Å². The number of imidazole rings is 1. The van der Waals surface area contributed by atoms with Crippen LogP contribution < -0.4 is 15.5 Å². The van der Waals surface area contributed by atoms with E-state index in [1.165, 1.54) is 42.6 Å². The van der Waals surface area contributed by atoms with E-state index < -0.39 is 0 Å². The van der Waals surface area contributed by atoms with Gasteiger partial charge in [0.2, 0.25) is 0 Å². The summed E-state index contributed by atoms with van der Waals surface area (Å²) in [5.41, 5.74) is 3.95. The molecule has 0 amide bonds. The molecule has 0 atom stereocenters. The molecule has 208 valence electrons. The Bertz CT molecular complexity index is 1330. The highest BCUT2D eigenvalue weighted by molar-refractivity contribution is 7.99. The molecule has 1 saturated heterocycles. The maximum Gasteiger partial charge on any atom is 0.198 e. The van der Waals surface area contributed by atoms with Gasteiger partial charge in [0, 0.05) is 75.5 Å². The van der Waals surface area contributed by atoms with Gasteiger partial charge in [0.1, 0.15) is 9.86 Å². The van der Waals surface area contributed by atoms with Gasteiger partial charge in [-0.2, -0.15) is 0 Å². The number of fused-ring (bicyclic) bond motifs is 1. The molecular weight excluding hydrogens is 527 g/mol. The van der Waals surface area contributed by atoms with Gasteiger partial charge in [-0.15, -0.1) is 23.1 Å². The van der Waals surface area contributed by atoms with Gasteiger partial charge in [0.05, 0.1) is 6.61 Å². The summed E-state index contributed by atoms with van der Waals surface area (Å²) in [6.45, 7) is 8.91. The average Bonchev–Trinajstić information content (AvgIpc) is 3.63. The summed E-state index contributed by atoms with van der Waals surface area (Å²) in [5, 5.41) is 11.3. The molecule has 1 aliphatic heterocycles. The first-order chi connectivity index (χ1) is 19.2. The van der Waals surface area contributed by atoms with Gasteiger partial charge in [-0.25, -0.2) is 15.0 Å². The minimum atomic E-state index is 0.629. The lowest BCUT2D eigenvalue weighted by atomic mass is 10.1. The smallest absolute Gasteiger partial charge is 0.198 e. The third-order valence-electron chi connectivity index (χ3n) is 7.04. The highest BCUT2D eigenvalue weighted by Gasteiger charge is 2.15. The topological polar surface area (TPSA) is 80.1 Å². The predicted molar refractivity (Wildman–Crippen MR) is 164 cm³/mol. The third-order valence-corrected chi connectivity index (χ3v) is 8.92. The fraction of sp³-hybridized carbons (Fsp3) is 0.483. The second-order valence-electron chi connectivity index (χ2n) is 9.86. The molecule has 0 bridgehead atoms. The second-order valence-corrected chi connectivity index (χ2v) is 11.8. The highest BCUT2D eigenvalue weighted by Crippen LogP contribution is 2.31. The number of rotatable bonds is 14. The van der Waals surface area contributed by atoms with Crippen LogP contribution in [0.5, 0.6) is 0 Å². The number of aryl methyl sites for hydroxylation is 1. The number of piperazine rings is 1. The monoisotopic (exact) mass is 565 g/mol. The normalized spacial score (nSPS) is 13.8. The molecule has 2 N–H and O–H groups in total. The van der Waals surface area contributed by atoms with Gasteiger partial charge in [0.15, 0.2) is 11.6 Å². The Morgan fingerprint density at radius 2 is 1.97 bits per heavy atom. The second kappa shape index (κ2) is 14.1. The number of hydrogen-bond donors (Lipinski definition) is 2. The lowest BCUT2D eigenvalue weighted by Crippen LogP contribution is -2.43. The number of anilines is 2. The number of thioether (sulfide) groups is 1. The van der Waals surface area contributed by atoms with Crippen molar-refractivity contribution in [2.45, 2.75) is 44.2 Å². The largest absolute Gasteiger partial charge is 0.385 e. The van der Waals surface area contributed by atoms with Gasteiger partial charge >= 0.3 is 0 Å². The van der Waals surface area contributed by atoms with E-state index in [-0.39, 0.29) is 0 Å². The Hall–Kier alpha value is -2.66. The standard InChI is InChI=1S/C29H39N7OS2/c1-22-21-23(7-8-25(22)35-14-11-30-12-15-35)31-10-5-3-4-6-19-38-28-24-9-20-39-29(24)34-26(33-28)27-32-13-16-36(27)17-18-37-2/h7-9,13,16,20-21,30-31H,3-6,10-12,14-15,17-19H2,1-2H3. The van der Waals surface area contributed by atoms with Crippen molar-refractivity contribution in [1.29, 1.82) is 0 Å². The SMILES string of the molecule is COCCn1ccnc1-c1nc(SCCCCCCNc2ccc(N3CCNCC3)c(C)c2)c2ccsc2n1. The van der Waals surface area contributed by atoms with Gasteiger partial charge in [-0.05, 0) is 60.7 Å². The Balaban J connectivity index is 1.06. The molecule has 4 heterocycles. The first-order valence-electron chi connectivity index (χ1n) is 13.9. The molecule has 0 saturated carbocycles. The number of thiophene rings is 1. The number of unbranched alkanes of at least 4 members (excludes halogenated alkanes) is 3. The Morgan fingerprint density at radius 3 is 2.82 bits per heavy atom. The van der Waals surface area contributed by atoms with Gasteiger partial charge < -0.3 is 24.8 Å². The summed E-state index contributed by atoms with van der Waals surface area (Å²) >= 11 is 3.49. The number of hydrogen-bond acceptors (Lipinski definition) is 9. The van der Waals surface area contributed by atoms with Crippen LogP contribution in [0.2, 0.25) is 0 Å². The third kappa shape index (κ3) is 7.30. The minimum absolute atomic E-state index is 0.629. The van der Waals surface area contributed by atoms with Crippen LogP contribution in [0.3, 0.4) is 0 Å². The van der Waals surface area contributed by atoms with E-state index in [4.69, 9.17) is 14.7 Å². The Morgan fingerprint density at radius 1 is 1.10 bits per heavy atom. The summed E-state index contributed by atoms with van der Waals surface area (Å²) in [6, 6.07) is 8.93. The number of methoxy groups -OCH3 is 1. The van der Waals surface area contributed by atoms with Crippen LogP contribution in [0.25, 0.3) is 21.9 Å². The molecule has 4 aromatic rings. The van der Waals surface area contributed by atoms with Crippen LogP contribution in [0.4, 0.5) is 11.4 Å². The first-order valence-corrected chi connectivity index (χ1v) is 15.8. The highest BCUT2D eigenvalue weighted by atomic mass is 32.2. The van der Waals surface area contributed by atoms with E-state index in [1.54, 1.807) is 24.6 Å². The number of aromatic nitrogens is 4. The molecule has 8 nitrogen and oxygen atoms in total. The van der Waals surface area contributed by atoms with Crippen LogP contribution in [-0.2, 0) is 11.3 Å². The van der Waals surface area contributed by atoms with E-state index >= 15 is 0 Å². The summed E-state index contributed by atoms with van der Waals surface area (Å²) in [6.07, 6.45) is 8.57. The van der Waals surface area contributed by atoms with Gasteiger partial charge in [-0.1, -0.05) is 12.8 Å². The summed E-state index contributed by atoms with van der Waals surface area (Å²) in [4.78, 5) is 17.8. The van der Waals surface area contributed by atoms with Crippen molar-refractivity contribution in [3.8, 4) is 11.6 Å². The number of nitrogens with zero attached hydrogens (tertiary/aromatic N) is 5. The van der Waals surface area contributed by atoms with Crippen molar-refractivity contribution in [2.75, 3.05) is 62.4 Å². The molecule has 5 rings (SSSR count). The molecule has 0 radical (unpaired) electrons. The number of ether oxygens (including phenoxy) is 1. The lowest BCUT2D eigenvalue weighted by Gasteiger charge is -2.31. The maximum atomic E-state index is 5.24. The summed E-state index contributed by atoms with van der Waals surface area (Å²) in [7, 11) is 1.71. The van der Waals surface area contributed by atoms with Crippen molar-refractivity contribution < 1.29 is 4.74 Å². The molecule has 1 aliphatic rings. The van der Waals surface area contributed by atoms with Crippen LogP contribution in [0, 0.1) is 6.92 Å². The summed E-state index contributed by atoms with van der Waals surface area (Å²) < 4.78 is 7.30. The van der Waals surface area contributed by atoms with Crippen LogP contribution in [0.1, 0.15) is 31.2 Å². The van der Waals surface area contributed by atoms with Crippen LogP contribution in [-0.4, -0.2) is 71.7 Å². The quantitative estimate of drug-likeness (QED) is 0.115. The molecular formula is C29H39N7OS2. The molecule has 0 spiro atoms. The van der Waals surface area contributed by atoms with E-state index in [0.29, 0.717) is 12.4 Å². The molecule has 3 aromatic heterocycles. The molecule has 1 fully saturated rings. The van der Waals surface area contributed by atoms with Crippen molar-refractivity contribution in [3.05, 3.63) is 47.6 Å². The molecule has 1 aromatic carbocycles. The Kier molecular flexibility index (Phi) is 10.1. The zero-order chi connectivity index (χ0) is 26.9. The fourth-order valence-electron chi connectivity index (χ4n) is 4.93. The van der Waals surface area contributed by atoms with Gasteiger partial charge in [0.25, 0.3) is 0 Å². The van der Waals surface area contributed by atoms with Crippen LogP contribution in [0.15, 0.2) is 47.1 Å². The van der Waals surface area contributed by atoms with E-state index in [0.717, 1.165) is 66.1 Å². The zero-order valence-corrected chi connectivity index (χ0v) is 24.6. The van der Waals surface area contributed by atoms with E-state index in [1.807, 2.05) is 18.0 Å². The number of nitrogens with one attached hydrogen (secondary N) is 2. The zero-order valence-electron chi connectivity index (χ0n) is 23.0. The maximum absolute atomic E-state index is 5.24. The summed E-state index contributed by atoms with van der Waals surface area (Å²) in [5.74, 6) is 2.54. The Labute approximate surface area is 239 Å².